The van der Waals surface area contributed by atoms with Crippen LogP contribution in [0.15, 0.2) is 47.8 Å². The van der Waals surface area contributed by atoms with Crippen molar-refractivity contribution in [3.8, 4) is 0 Å². The summed E-state index contributed by atoms with van der Waals surface area (Å²) in [4.78, 5) is 14.4. The maximum absolute atomic E-state index is 13.0. The summed E-state index contributed by atoms with van der Waals surface area (Å²) >= 11 is 6.15. The summed E-state index contributed by atoms with van der Waals surface area (Å²) < 4.78 is 64.1. The van der Waals surface area contributed by atoms with Gasteiger partial charge in [0.25, 0.3) is 0 Å². The van der Waals surface area contributed by atoms with E-state index in [1.165, 1.54) is 11.1 Å². The van der Waals surface area contributed by atoms with E-state index in [4.69, 9.17) is 11.6 Å². The molecule has 176 valence electrons. The molecule has 0 saturated heterocycles. The van der Waals surface area contributed by atoms with Crippen LogP contribution >= 0.6 is 11.6 Å². The first kappa shape index (κ1) is 23.3. The lowest BCUT2D eigenvalue weighted by molar-refractivity contribution is -0.142. The highest BCUT2D eigenvalue weighted by Crippen LogP contribution is 2.30. The number of aliphatic hydroxyl groups excluding tert-OH is 1. The summed E-state index contributed by atoms with van der Waals surface area (Å²) in [6, 6.07) is 7.60. The minimum Gasteiger partial charge on any atom is -0.395 e. The molecule has 3 heterocycles. The number of amides is 1. The van der Waals surface area contributed by atoms with E-state index in [0.717, 1.165) is 12.3 Å². The van der Waals surface area contributed by atoms with Gasteiger partial charge in [0.1, 0.15) is 6.54 Å². The van der Waals surface area contributed by atoms with Gasteiger partial charge in [-0.15, -0.1) is 0 Å². The van der Waals surface area contributed by atoms with Crippen molar-refractivity contribution in [2.24, 2.45) is 0 Å². The van der Waals surface area contributed by atoms with E-state index in [9.17, 15) is 31.5 Å². The third-order valence-corrected chi connectivity index (χ3v) is 6.87. The van der Waals surface area contributed by atoms with E-state index < -0.39 is 46.2 Å². The number of hydrogen-bond acceptors (Lipinski definition) is 6. The largest absolute Gasteiger partial charge is 0.408 e. The molecule has 1 aromatic carbocycles. The van der Waals surface area contributed by atoms with Gasteiger partial charge in [-0.05, 0) is 17.7 Å². The second-order valence-electron chi connectivity index (χ2n) is 7.40. The summed E-state index contributed by atoms with van der Waals surface area (Å²) in [6.07, 6.45) is -2.43. The van der Waals surface area contributed by atoms with Crippen LogP contribution < -0.4 is 0 Å². The molecule has 9 nitrogen and oxygen atoms in total. The molecule has 33 heavy (non-hydrogen) atoms. The average Bonchev–Trinajstić information content (AvgIpc) is 3.43. The average molecular weight is 504 g/mol. The molecule has 0 fully saturated rings. The second-order valence-corrected chi connectivity index (χ2v) is 9.55. The van der Waals surface area contributed by atoms with Crippen molar-refractivity contribution >= 4 is 27.5 Å². The first-order chi connectivity index (χ1) is 15.5. The van der Waals surface area contributed by atoms with Gasteiger partial charge in [0.15, 0.2) is 5.03 Å². The first-order valence-corrected chi connectivity index (χ1v) is 11.4. The number of fused-ring (bicyclic) bond motifs is 1. The monoisotopic (exact) mass is 503 g/mol. The van der Waals surface area contributed by atoms with Crippen LogP contribution in [0.5, 0.6) is 0 Å². The Morgan fingerprint density at radius 1 is 1.18 bits per heavy atom. The first-order valence-electron chi connectivity index (χ1n) is 9.57. The van der Waals surface area contributed by atoms with Crippen LogP contribution in [0, 0.1) is 0 Å². The minimum absolute atomic E-state index is 0.000152. The van der Waals surface area contributed by atoms with Crippen LogP contribution in [0.1, 0.15) is 22.7 Å². The third-order valence-electron chi connectivity index (χ3n) is 5.10. The molecule has 4 rings (SSSR count). The molecule has 0 saturated carbocycles. The van der Waals surface area contributed by atoms with E-state index in [2.05, 4.69) is 10.2 Å². The summed E-state index contributed by atoms with van der Waals surface area (Å²) in [7, 11) is -4.31. The highest BCUT2D eigenvalue weighted by Gasteiger charge is 2.34. The zero-order chi connectivity index (χ0) is 24.0. The van der Waals surface area contributed by atoms with Gasteiger partial charge in [-0.25, -0.2) is 0 Å². The molecular formula is C19H17ClF3N5O4S. The number of aromatic nitrogens is 4. The SMILES string of the molecule is O=C([C@H](CO)c1ccccc1Cl)N1Cc2cn(S(=O)(=O)c3ccn(CC(F)(F)F)n3)nc2C1. The standard InChI is InChI=1S/C19H17ClF3N5O4S/c20-15-4-2-1-3-13(15)14(10-29)18(30)26-7-12-8-28(24-16(12)9-26)33(31,32)17-5-6-27(25-17)11-19(21,22)23/h1-6,8,14,29H,7,9-11H2/t14-/m1/s1. The number of carbonyl (C=O) groups is 1. The lowest BCUT2D eigenvalue weighted by atomic mass is 9.98. The highest BCUT2D eigenvalue weighted by atomic mass is 35.5. The third kappa shape index (κ3) is 4.61. The van der Waals surface area contributed by atoms with Gasteiger partial charge in [-0.1, -0.05) is 29.8 Å². The molecule has 1 aliphatic rings. The van der Waals surface area contributed by atoms with Crippen molar-refractivity contribution < 1.29 is 31.5 Å². The molecule has 1 N–H and O–H groups in total. The number of halogens is 4. The van der Waals surface area contributed by atoms with Crippen LogP contribution in [-0.2, 0) is 34.5 Å². The number of alkyl halides is 3. The molecule has 0 unspecified atom stereocenters. The Balaban J connectivity index is 1.51. The van der Waals surface area contributed by atoms with Gasteiger partial charge in [-0.2, -0.15) is 35.9 Å². The molecule has 0 spiro atoms. The van der Waals surface area contributed by atoms with Gasteiger partial charge in [-0.3, -0.25) is 9.48 Å². The number of benzene rings is 1. The van der Waals surface area contributed by atoms with Gasteiger partial charge >= 0.3 is 16.2 Å². The van der Waals surface area contributed by atoms with Crippen molar-refractivity contribution in [2.75, 3.05) is 6.61 Å². The molecule has 1 atom stereocenters. The molecule has 1 aliphatic heterocycles. The molecule has 0 radical (unpaired) electrons. The van der Waals surface area contributed by atoms with Crippen LogP contribution in [0.2, 0.25) is 5.02 Å². The Hall–Kier alpha value is -2.90. The van der Waals surface area contributed by atoms with Crippen molar-refractivity contribution in [2.45, 2.75) is 36.8 Å². The number of aliphatic hydroxyl groups is 1. The number of carbonyl (C=O) groups excluding carboxylic acids is 1. The van der Waals surface area contributed by atoms with E-state index in [-0.39, 0.29) is 13.1 Å². The predicted molar refractivity (Wildman–Crippen MR) is 109 cm³/mol. The van der Waals surface area contributed by atoms with Crippen molar-refractivity contribution in [1.29, 1.82) is 0 Å². The Morgan fingerprint density at radius 2 is 1.91 bits per heavy atom. The fraction of sp³-hybridized carbons (Fsp3) is 0.316. The van der Waals surface area contributed by atoms with E-state index in [0.29, 0.717) is 30.6 Å². The Morgan fingerprint density at radius 3 is 2.55 bits per heavy atom. The topological polar surface area (TPSA) is 110 Å². The fourth-order valence-corrected chi connectivity index (χ4v) is 4.91. The Bertz CT molecular complexity index is 1280. The van der Waals surface area contributed by atoms with Crippen LogP contribution in [-0.4, -0.2) is 56.1 Å². The van der Waals surface area contributed by atoms with Crippen molar-refractivity contribution in [3.05, 3.63) is 64.6 Å². The lowest BCUT2D eigenvalue weighted by Crippen LogP contribution is -2.33. The Kier molecular flexibility index (Phi) is 5.97. The maximum atomic E-state index is 13.0. The Labute approximate surface area is 191 Å². The van der Waals surface area contributed by atoms with E-state index in [1.807, 2.05) is 0 Å². The van der Waals surface area contributed by atoms with Gasteiger partial charge in [0.2, 0.25) is 5.91 Å². The number of hydrogen-bond donors (Lipinski definition) is 1. The minimum atomic E-state index is -4.55. The molecule has 2 aromatic heterocycles. The fourth-order valence-electron chi connectivity index (χ4n) is 3.54. The van der Waals surface area contributed by atoms with Gasteiger partial charge < -0.3 is 10.0 Å². The molecule has 3 aromatic rings. The number of nitrogens with zero attached hydrogens (tertiary/aromatic N) is 5. The summed E-state index contributed by atoms with van der Waals surface area (Å²) in [5.41, 5.74) is 1.24. The molecule has 0 bridgehead atoms. The quantitative estimate of drug-likeness (QED) is 0.552. The van der Waals surface area contributed by atoms with E-state index >= 15 is 0 Å². The van der Waals surface area contributed by atoms with Crippen LogP contribution in [0.25, 0.3) is 0 Å². The summed E-state index contributed by atoms with van der Waals surface area (Å²) in [5, 5.41) is 17.0. The normalized spacial score (nSPS) is 15.0. The lowest BCUT2D eigenvalue weighted by Gasteiger charge is -2.22. The molecule has 1 amide bonds. The summed E-state index contributed by atoms with van der Waals surface area (Å²) in [6.45, 7) is -1.84. The summed E-state index contributed by atoms with van der Waals surface area (Å²) in [5.74, 6) is -1.29. The second kappa shape index (κ2) is 8.47. The highest BCUT2D eigenvalue weighted by molar-refractivity contribution is 7.89. The van der Waals surface area contributed by atoms with Gasteiger partial charge in [0.05, 0.1) is 24.8 Å². The van der Waals surface area contributed by atoms with Crippen molar-refractivity contribution in [3.63, 3.8) is 0 Å². The zero-order valence-corrected chi connectivity index (χ0v) is 18.3. The van der Waals surface area contributed by atoms with Crippen molar-refractivity contribution in [1.82, 2.24) is 23.9 Å². The molecular weight excluding hydrogens is 487 g/mol. The zero-order valence-electron chi connectivity index (χ0n) is 16.8. The van der Waals surface area contributed by atoms with Crippen LogP contribution in [0.3, 0.4) is 0 Å². The van der Waals surface area contributed by atoms with Gasteiger partial charge in [0, 0.05) is 29.5 Å². The predicted octanol–water partition coefficient (Wildman–Crippen LogP) is 2.15. The maximum Gasteiger partial charge on any atom is 0.408 e. The number of rotatable bonds is 6. The van der Waals surface area contributed by atoms with E-state index in [1.54, 1.807) is 24.3 Å². The smallest absolute Gasteiger partial charge is 0.395 e. The van der Waals surface area contributed by atoms with Crippen LogP contribution in [0.4, 0.5) is 13.2 Å². The molecule has 0 aliphatic carbocycles. The molecule has 14 heteroatoms.